The summed E-state index contributed by atoms with van der Waals surface area (Å²) in [5.41, 5.74) is 0.459. The summed E-state index contributed by atoms with van der Waals surface area (Å²) in [6.07, 6.45) is 0.647. The van der Waals surface area contributed by atoms with Crippen molar-refractivity contribution in [1.82, 2.24) is 0 Å². The van der Waals surface area contributed by atoms with Gasteiger partial charge < -0.3 is 9.47 Å². The van der Waals surface area contributed by atoms with Gasteiger partial charge in [-0.15, -0.1) is 0 Å². The lowest BCUT2D eigenvalue weighted by Crippen LogP contribution is -2.35. The summed E-state index contributed by atoms with van der Waals surface area (Å²) in [5.74, 6) is 0.970. The van der Waals surface area contributed by atoms with Crippen molar-refractivity contribution in [3.05, 3.63) is 23.7 Å². The Morgan fingerprint density at radius 1 is 1.21 bits per heavy atom. The standard InChI is InChI=1S/C11H14O3/c1-7-6-11(2,3)10(12)9-8(7)13-4-5-14-9/h1,4-6H2,2-3H3. The summed E-state index contributed by atoms with van der Waals surface area (Å²) in [5, 5.41) is 0. The second-order valence-corrected chi connectivity index (χ2v) is 4.35. The van der Waals surface area contributed by atoms with Crippen LogP contribution in [0.5, 0.6) is 0 Å². The first-order valence-electron chi connectivity index (χ1n) is 4.75. The summed E-state index contributed by atoms with van der Waals surface area (Å²) >= 11 is 0. The van der Waals surface area contributed by atoms with Crippen LogP contribution >= 0.6 is 0 Å². The highest BCUT2D eigenvalue weighted by Crippen LogP contribution is 2.40. The van der Waals surface area contributed by atoms with Crippen LogP contribution in [0.2, 0.25) is 0 Å². The molecular formula is C11H14O3. The van der Waals surface area contributed by atoms with E-state index < -0.39 is 5.41 Å². The van der Waals surface area contributed by atoms with E-state index in [4.69, 9.17) is 9.47 Å². The van der Waals surface area contributed by atoms with Crippen LogP contribution in [0.4, 0.5) is 0 Å². The van der Waals surface area contributed by atoms with E-state index >= 15 is 0 Å². The van der Waals surface area contributed by atoms with Crippen molar-refractivity contribution in [1.29, 1.82) is 0 Å². The molecule has 14 heavy (non-hydrogen) atoms. The highest BCUT2D eigenvalue weighted by molar-refractivity contribution is 6.00. The molecule has 0 spiro atoms. The predicted molar refractivity (Wildman–Crippen MR) is 51.5 cm³/mol. The number of rotatable bonds is 0. The van der Waals surface area contributed by atoms with E-state index in [1.807, 2.05) is 13.8 Å². The van der Waals surface area contributed by atoms with Crippen molar-refractivity contribution in [2.24, 2.45) is 5.41 Å². The zero-order valence-corrected chi connectivity index (χ0v) is 8.55. The molecule has 3 heteroatoms. The molecule has 0 aromatic carbocycles. The molecule has 0 amide bonds. The third-order valence-electron chi connectivity index (χ3n) is 2.58. The van der Waals surface area contributed by atoms with E-state index in [0.717, 1.165) is 5.57 Å². The maximum atomic E-state index is 11.9. The maximum Gasteiger partial charge on any atom is 0.207 e. The number of ketones is 1. The third kappa shape index (κ3) is 1.24. The molecule has 0 unspecified atom stereocenters. The minimum Gasteiger partial charge on any atom is -0.486 e. The molecule has 2 aliphatic rings. The van der Waals surface area contributed by atoms with Crippen molar-refractivity contribution < 1.29 is 14.3 Å². The van der Waals surface area contributed by atoms with Crippen LogP contribution in [0.15, 0.2) is 23.7 Å². The highest BCUT2D eigenvalue weighted by Gasteiger charge is 2.41. The Bertz CT molecular complexity index is 336. The molecule has 1 aliphatic carbocycles. The van der Waals surface area contributed by atoms with Crippen LogP contribution in [-0.2, 0) is 14.3 Å². The van der Waals surface area contributed by atoms with E-state index in [2.05, 4.69) is 6.58 Å². The van der Waals surface area contributed by atoms with Gasteiger partial charge in [-0.05, 0) is 12.0 Å². The van der Waals surface area contributed by atoms with Gasteiger partial charge in [0.25, 0.3) is 0 Å². The second kappa shape index (κ2) is 2.87. The van der Waals surface area contributed by atoms with E-state index in [9.17, 15) is 4.79 Å². The lowest BCUT2D eigenvalue weighted by atomic mass is 9.76. The summed E-state index contributed by atoms with van der Waals surface area (Å²) in [6.45, 7) is 8.68. The van der Waals surface area contributed by atoms with Crippen LogP contribution in [0.3, 0.4) is 0 Å². The van der Waals surface area contributed by atoms with Gasteiger partial charge in [-0.2, -0.15) is 0 Å². The highest BCUT2D eigenvalue weighted by atomic mass is 16.6. The molecule has 0 bridgehead atoms. The van der Waals surface area contributed by atoms with Gasteiger partial charge in [0.1, 0.15) is 13.2 Å². The minimum absolute atomic E-state index is 0.0274. The SMILES string of the molecule is C=C1CC(C)(C)C(=O)C2=C1OCCO2. The van der Waals surface area contributed by atoms with Crippen molar-refractivity contribution in [2.75, 3.05) is 13.2 Å². The molecule has 3 nitrogen and oxygen atoms in total. The molecule has 0 aromatic rings. The van der Waals surface area contributed by atoms with Crippen LogP contribution in [-0.4, -0.2) is 19.0 Å². The van der Waals surface area contributed by atoms with Gasteiger partial charge in [0.05, 0.1) is 0 Å². The Hall–Kier alpha value is -1.25. The van der Waals surface area contributed by atoms with E-state index in [1.165, 1.54) is 0 Å². The molecule has 1 heterocycles. The minimum atomic E-state index is -0.406. The van der Waals surface area contributed by atoms with E-state index in [-0.39, 0.29) is 5.78 Å². The van der Waals surface area contributed by atoms with Crippen LogP contribution < -0.4 is 0 Å². The zero-order chi connectivity index (χ0) is 10.3. The fourth-order valence-corrected chi connectivity index (χ4v) is 1.85. The number of ether oxygens (including phenoxy) is 2. The van der Waals surface area contributed by atoms with Gasteiger partial charge in [0, 0.05) is 5.41 Å². The van der Waals surface area contributed by atoms with Gasteiger partial charge in [-0.1, -0.05) is 20.4 Å². The van der Waals surface area contributed by atoms with Gasteiger partial charge in [-0.25, -0.2) is 0 Å². The first kappa shape index (κ1) is 9.31. The Kier molecular flexibility index (Phi) is 1.91. The largest absolute Gasteiger partial charge is 0.486 e. The zero-order valence-electron chi connectivity index (χ0n) is 8.55. The van der Waals surface area contributed by atoms with Crippen molar-refractivity contribution >= 4 is 5.78 Å². The summed E-state index contributed by atoms with van der Waals surface area (Å²) in [4.78, 5) is 11.9. The smallest absolute Gasteiger partial charge is 0.207 e. The second-order valence-electron chi connectivity index (χ2n) is 4.35. The number of Topliss-reactive ketones (excluding diaryl/α,β-unsaturated/α-hetero) is 1. The summed E-state index contributed by atoms with van der Waals surface area (Å²) in [6, 6.07) is 0. The first-order chi connectivity index (χ1) is 6.52. The normalized spacial score (nSPS) is 25.3. The predicted octanol–water partition coefficient (Wildman–Crippen LogP) is 1.80. The number of hydrogen-bond donors (Lipinski definition) is 0. The molecule has 0 fully saturated rings. The maximum absolute atomic E-state index is 11.9. The van der Waals surface area contributed by atoms with Gasteiger partial charge in [0.15, 0.2) is 5.76 Å². The van der Waals surface area contributed by atoms with Gasteiger partial charge in [-0.3, -0.25) is 4.79 Å². The summed E-state index contributed by atoms with van der Waals surface area (Å²) in [7, 11) is 0. The van der Waals surface area contributed by atoms with Crippen LogP contribution in [0.1, 0.15) is 20.3 Å². The molecule has 0 radical (unpaired) electrons. The van der Waals surface area contributed by atoms with Crippen LogP contribution in [0, 0.1) is 5.41 Å². The van der Waals surface area contributed by atoms with Crippen LogP contribution in [0.25, 0.3) is 0 Å². The quantitative estimate of drug-likeness (QED) is 0.590. The topological polar surface area (TPSA) is 35.5 Å². The fraction of sp³-hybridized carbons (Fsp3) is 0.545. The average Bonchev–Trinajstić information content (AvgIpc) is 2.14. The monoisotopic (exact) mass is 194 g/mol. The molecular weight excluding hydrogens is 180 g/mol. The molecule has 0 saturated heterocycles. The molecule has 0 atom stereocenters. The van der Waals surface area contributed by atoms with Crippen molar-refractivity contribution in [3.8, 4) is 0 Å². The van der Waals surface area contributed by atoms with Crippen molar-refractivity contribution in [2.45, 2.75) is 20.3 Å². The fourth-order valence-electron chi connectivity index (χ4n) is 1.85. The Labute approximate surface area is 83.4 Å². The van der Waals surface area contributed by atoms with E-state index in [0.29, 0.717) is 31.2 Å². The Morgan fingerprint density at radius 3 is 2.43 bits per heavy atom. The first-order valence-corrected chi connectivity index (χ1v) is 4.75. The molecule has 1 aliphatic heterocycles. The van der Waals surface area contributed by atoms with E-state index in [1.54, 1.807) is 0 Å². The van der Waals surface area contributed by atoms with Gasteiger partial charge in [0.2, 0.25) is 11.5 Å². The third-order valence-corrected chi connectivity index (χ3v) is 2.58. The lowest BCUT2D eigenvalue weighted by molar-refractivity contribution is -0.129. The molecule has 2 rings (SSSR count). The molecule has 76 valence electrons. The molecule has 0 saturated carbocycles. The molecule has 0 aromatic heterocycles. The Balaban J connectivity index is 2.46. The molecule has 0 N–H and O–H groups in total. The number of allylic oxidation sites excluding steroid dienone is 2. The Morgan fingerprint density at radius 2 is 1.79 bits per heavy atom. The number of carbonyl (C=O) groups is 1. The lowest BCUT2D eigenvalue weighted by Gasteiger charge is -2.34. The number of carbonyl (C=O) groups excluding carboxylic acids is 1. The van der Waals surface area contributed by atoms with Gasteiger partial charge >= 0.3 is 0 Å². The average molecular weight is 194 g/mol. The van der Waals surface area contributed by atoms with Crippen molar-refractivity contribution in [3.63, 3.8) is 0 Å². The summed E-state index contributed by atoms with van der Waals surface area (Å²) < 4.78 is 10.7. The number of hydrogen-bond acceptors (Lipinski definition) is 3.